The van der Waals surface area contributed by atoms with Gasteiger partial charge >= 0.3 is 0 Å². The highest BCUT2D eigenvalue weighted by Gasteiger charge is 2.28. The highest BCUT2D eigenvalue weighted by Crippen LogP contribution is 2.23. The molecule has 0 atom stereocenters. The van der Waals surface area contributed by atoms with Crippen LogP contribution in [0.15, 0.2) is 17.1 Å². The van der Waals surface area contributed by atoms with Crippen molar-refractivity contribution >= 4 is 11.3 Å². The van der Waals surface area contributed by atoms with Crippen LogP contribution < -0.4 is 5.56 Å². The summed E-state index contributed by atoms with van der Waals surface area (Å²) in [6, 6.07) is 1.82. The zero-order valence-electron chi connectivity index (χ0n) is 13.5. The molecule has 1 aliphatic heterocycles. The van der Waals surface area contributed by atoms with Crippen LogP contribution in [-0.2, 0) is 25.9 Å². The summed E-state index contributed by atoms with van der Waals surface area (Å²) in [5, 5.41) is 5.75. The van der Waals surface area contributed by atoms with Crippen LogP contribution in [0.2, 0.25) is 0 Å². The van der Waals surface area contributed by atoms with Crippen LogP contribution >= 0.6 is 11.3 Å². The third-order valence-corrected chi connectivity index (χ3v) is 5.68. The van der Waals surface area contributed by atoms with Crippen LogP contribution in [0.4, 0.5) is 0 Å². The summed E-state index contributed by atoms with van der Waals surface area (Å²) in [4.78, 5) is 20.3. The van der Waals surface area contributed by atoms with E-state index in [1.54, 1.807) is 16.0 Å². The van der Waals surface area contributed by atoms with Crippen molar-refractivity contribution < 1.29 is 0 Å². The molecule has 2 aromatic heterocycles. The first-order valence-electron chi connectivity index (χ1n) is 8.41. The molecule has 2 aromatic rings. The zero-order valence-corrected chi connectivity index (χ0v) is 14.3. The second-order valence-corrected chi connectivity index (χ2v) is 8.07. The lowest BCUT2D eigenvalue weighted by molar-refractivity contribution is 0.0774. The minimum absolute atomic E-state index is 0.0715. The van der Waals surface area contributed by atoms with E-state index in [-0.39, 0.29) is 5.56 Å². The molecule has 4 rings (SSSR count). The topological polar surface area (TPSA) is 51.0 Å². The summed E-state index contributed by atoms with van der Waals surface area (Å²) in [5.74, 6) is 0.538. The van der Waals surface area contributed by atoms with Gasteiger partial charge in [0, 0.05) is 42.7 Å². The third kappa shape index (κ3) is 3.23. The maximum absolute atomic E-state index is 12.2. The molecular formula is C17H22N4OS. The second kappa shape index (κ2) is 6.17. The highest BCUT2D eigenvalue weighted by atomic mass is 32.1. The molecular weight excluding hydrogens is 308 g/mol. The quantitative estimate of drug-likeness (QED) is 0.861. The van der Waals surface area contributed by atoms with Gasteiger partial charge in [-0.05, 0) is 38.2 Å². The lowest BCUT2D eigenvalue weighted by atomic mass is 9.96. The fourth-order valence-electron chi connectivity index (χ4n) is 3.60. The van der Waals surface area contributed by atoms with Gasteiger partial charge < -0.3 is 0 Å². The van der Waals surface area contributed by atoms with E-state index in [1.165, 1.54) is 23.3 Å². The van der Waals surface area contributed by atoms with Gasteiger partial charge in [0.05, 0.1) is 17.2 Å². The molecule has 0 spiro atoms. The predicted molar refractivity (Wildman–Crippen MR) is 90.8 cm³/mol. The van der Waals surface area contributed by atoms with Crippen molar-refractivity contribution in [1.82, 2.24) is 19.7 Å². The molecule has 0 N–H and O–H groups in total. The van der Waals surface area contributed by atoms with Crippen LogP contribution in [0.25, 0.3) is 0 Å². The fourth-order valence-corrected chi connectivity index (χ4v) is 4.43. The number of hydrogen-bond acceptors (Lipinski definition) is 5. The summed E-state index contributed by atoms with van der Waals surface area (Å²) in [6.07, 6.45) is 6.40. The minimum atomic E-state index is 0.0715. The van der Waals surface area contributed by atoms with Gasteiger partial charge in [0.15, 0.2) is 0 Å². The van der Waals surface area contributed by atoms with Gasteiger partial charge in [-0.3, -0.25) is 9.69 Å². The summed E-state index contributed by atoms with van der Waals surface area (Å²) in [7, 11) is 0. The van der Waals surface area contributed by atoms with E-state index in [4.69, 9.17) is 0 Å². The average molecular weight is 330 g/mol. The van der Waals surface area contributed by atoms with E-state index in [2.05, 4.69) is 15.0 Å². The number of thiazole rings is 1. The fraction of sp³-hybridized carbons (Fsp3) is 0.588. The predicted octanol–water partition coefficient (Wildman–Crippen LogP) is 2.02. The van der Waals surface area contributed by atoms with Gasteiger partial charge in [-0.1, -0.05) is 0 Å². The van der Waals surface area contributed by atoms with Crippen LogP contribution in [-0.4, -0.2) is 32.8 Å². The van der Waals surface area contributed by atoms with E-state index in [9.17, 15) is 4.79 Å². The minimum Gasteiger partial charge on any atom is -0.297 e. The van der Waals surface area contributed by atoms with Crippen molar-refractivity contribution in [3.05, 3.63) is 43.8 Å². The first-order valence-corrected chi connectivity index (χ1v) is 9.22. The van der Waals surface area contributed by atoms with Gasteiger partial charge in [-0.15, -0.1) is 11.3 Å². The molecule has 0 unspecified atom stereocenters. The molecule has 1 fully saturated rings. The van der Waals surface area contributed by atoms with Crippen LogP contribution in [0.3, 0.4) is 0 Å². The van der Waals surface area contributed by atoms with E-state index >= 15 is 0 Å². The maximum atomic E-state index is 12.2. The third-order valence-electron chi connectivity index (χ3n) is 4.79. The molecule has 6 heteroatoms. The number of rotatable bonds is 4. The van der Waals surface area contributed by atoms with Crippen molar-refractivity contribution in [2.75, 3.05) is 13.1 Å². The molecule has 0 bridgehead atoms. The van der Waals surface area contributed by atoms with Crippen LogP contribution in [0, 0.1) is 12.8 Å². The van der Waals surface area contributed by atoms with Crippen molar-refractivity contribution in [2.24, 2.45) is 5.92 Å². The molecule has 5 nitrogen and oxygen atoms in total. The van der Waals surface area contributed by atoms with Gasteiger partial charge in [0.25, 0.3) is 5.56 Å². The van der Waals surface area contributed by atoms with Gasteiger partial charge in [0.2, 0.25) is 0 Å². The zero-order chi connectivity index (χ0) is 15.8. The Hall–Kier alpha value is -1.53. The van der Waals surface area contributed by atoms with Gasteiger partial charge in [-0.2, -0.15) is 5.10 Å². The van der Waals surface area contributed by atoms with Gasteiger partial charge in [-0.25, -0.2) is 9.67 Å². The van der Waals surface area contributed by atoms with E-state index in [1.807, 2.05) is 19.2 Å². The number of hydrogen-bond donors (Lipinski definition) is 0. The summed E-state index contributed by atoms with van der Waals surface area (Å²) in [5.41, 5.74) is 2.39. The molecule has 0 radical (unpaired) electrons. The van der Waals surface area contributed by atoms with Crippen molar-refractivity contribution in [2.45, 2.75) is 45.7 Å². The number of aromatic nitrogens is 3. The Bertz CT molecular complexity index is 760. The molecule has 23 heavy (non-hydrogen) atoms. The van der Waals surface area contributed by atoms with Crippen molar-refractivity contribution in [3.8, 4) is 0 Å². The van der Waals surface area contributed by atoms with Crippen molar-refractivity contribution in [1.29, 1.82) is 0 Å². The summed E-state index contributed by atoms with van der Waals surface area (Å²) in [6.45, 7) is 5.87. The van der Waals surface area contributed by atoms with Crippen LogP contribution in [0.5, 0.6) is 0 Å². The van der Waals surface area contributed by atoms with Gasteiger partial charge in [0.1, 0.15) is 0 Å². The lowest BCUT2D eigenvalue weighted by Crippen LogP contribution is -2.48. The standard InChI is InChI=1S/C17H22N4OS/c1-12-18-7-15(23-12)11-20-8-13(9-20)10-21-17(22)6-14-4-2-3-5-16(14)19-21/h6-7,13H,2-5,8-11H2,1H3. The molecule has 3 heterocycles. The summed E-state index contributed by atoms with van der Waals surface area (Å²) < 4.78 is 1.70. The monoisotopic (exact) mass is 330 g/mol. The van der Waals surface area contributed by atoms with E-state index in [0.717, 1.165) is 49.7 Å². The Balaban J connectivity index is 1.36. The number of aryl methyl sites for hydroxylation is 3. The van der Waals surface area contributed by atoms with Crippen molar-refractivity contribution in [3.63, 3.8) is 0 Å². The maximum Gasteiger partial charge on any atom is 0.267 e. The lowest BCUT2D eigenvalue weighted by Gasteiger charge is -2.39. The Morgan fingerprint density at radius 2 is 2.13 bits per heavy atom. The average Bonchev–Trinajstić information content (AvgIpc) is 2.91. The Morgan fingerprint density at radius 3 is 2.91 bits per heavy atom. The molecule has 0 aromatic carbocycles. The molecule has 1 saturated heterocycles. The second-order valence-electron chi connectivity index (χ2n) is 6.75. The Labute approximate surface area is 140 Å². The number of nitrogens with zero attached hydrogens (tertiary/aromatic N) is 4. The highest BCUT2D eigenvalue weighted by molar-refractivity contribution is 7.11. The largest absolute Gasteiger partial charge is 0.297 e. The van der Waals surface area contributed by atoms with E-state index in [0.29, 0.717) is 5.92 Å². The van der Waals surface area contributed by atoms with E-state index < -0.39 is 0 Å². The molecule has 122 valence electrons. The van der Waals surface area contributed by atoms with Crippen LogP contribution in [0.1, 0.15) is 34.0 Å². The Morgan fingerprint density at radius 1 is 1.30 bits per heavy atom. The number of fused-ring (bicyclic) bond motifs is 1. The normalized spacial score (nSPS) is 18.7. The molecule has 0 saturated carbocycles. The SMILES string of the molecule is Cc1ncc(CN2CC(Cn3nc4c(cc3=O)CCCC4)C2)s1. The molecule has 1 aliphatic carbocycles. The Kier molecular flexibility index (Phi) is 4.03. The summed E-state index contributed by atoms with van der Waals surface area (Å²) >= 11 is 1.77. The number of likely N-dealkylation sites (tertiary alicyclic amines) is 1. The smallest absolute Gasteiger partial charge is 0.267 e. The first-order chi connectivity index (χ1) is 11.2. The first kappa shape index (κ1) is 15.0. The molecule has 2 aliphatic rings. The molecule has 0 amide bonds.